The molecule has 0 aromatic carbocycles. The second kappa shape index (κ2) is 6.60. The van der Waals surface area contributed by atoms with Gasteiger partial charge in [-0.2, -0.15) is 5.26 Å². The number of Topliss-reactive ketones (excluding diaryl/α,β-unsaturated/α-hetero) is 1. The molecule has 0 saturated carbocycles. The van der Waals surface area contributed by atoms with E-state index in [9.17, 15) is 4.79 Å². The number of ketones is 1. The molecule has 3 nitrogen and oxygen atoms in total. The predicted molar refractivity (Wildman–Crippen MR) is 77.9 cm³/mol. The third-order valence-electron chi connectivity index (χ3n) is 2.67. The van der Waals surface area contributed by atoms with E-state index >= 15 is 0 Å². The molecule has 0 N–H and O–H groups in total. The van der Waals surface area contributed by atoms with Gasteiger partial charge in [0.1, 0.15) is 5.92 Å². The number of aryl methyl sites for hydroxylation is 1. The monoisotopic (exact) mass is 334 g/mol. The van der Waals surface area contributed by atoms with Crippen molar-refractivity contribution in [3.05, 3.63) is 50.9 Å². The molecule has 19 heavy (non-hydrogen) atoms. The van der Waals surface area contributed by atoms with Gasteiger partial charge in [-0.25, -0.2) is 0 Å². The number of nitriles is 1. The summed E-state index contributed by atoms with van der Waals surface area (Å²) in [7, 11) is 0. The van der Waals surface area contributed by atoms with Crippen LogP contribution in [0.5, 0.6) is 0 Å². The van der Waals surface area contributed by atoms with Crippen molar-refractivity contribution < 1.29 is 4.79 Å². The molecule has 0 radical (unpaired) electrons. The summed E-state index contributed by atoms with van der Waals surface area (Å²) in [6.07, 6.45) is 2.63. The van der Waals surface area contributed by atoms with Gasteiger partial charge in [-0.3, -0.25) is 9.78 Å². The SMILES string of the molecule is N#CC(C(=O)CCc1cc(Br)cs1)c1ccccn1. The Morgan fingerprint density at radius 3 is 2.95 bits per heavy atom. The minimum atomic E-state index is -0.760. The van der Waals surface area contributed by atoms with Crippen LogP contribution in [0.15, 0.2) is 40.3 Å². The summed E-state index contributed by atoms with van der Waals surface area (Å²) in [4.78, 5) is 17.3. The molecule has 2 rings (SSSR count). The Morgan fingerprint density at radius 2 is 2.37 bits per heavy atom. The van der Waals surface area contributed by atoms with E-state index in [-0.39, 0.29) is 5.78 Å². The summed E-state index contributed by atoms with van der Waals surface area (Å²) in [5, 5.41) is 11.1. The van der Waals surface area contributed by atoms with Crippen molar-refractivity contribution >= 4 is 33.0 Å². The molecule has 0 aliphatic rings. The summed E-state index contributed by atoms with van der Waals surface area (Å²) in [5.41, 5.74) is 0.530. The van der Waals surface area contributed by atoms with E-state index in [2.05, 4.69) is 20.9 Å². The van der Waals surface area contributed by atoms with Crippen LogP contribution < -0.4 is 0 Å². The Morgan fingerprint density at radius 1 is 1.53 bits per heavy atom. The number of pyridine rings is 1. The van der Waals surface area contributed by atoms with Crippen LogP contribution in [0.4, 0.5) is 0 Å². The third-order valence-corrected chi connectivity index (χ3v) is 4.43. The van der Waals surface area contributed by atoms with Gasteiger partial charge in [-0.05, 0) is 40.5 Å². The highest BCUT2D eigenvalue weighted by molar-refractivity contribution is 9.10. The zero-order valence-electron chi connectivity index (χ0n) is 10.0. The van der Waals surface area contributed by atoms with Crippen LogP contribution in [0.25, 0.3) is 0 Å². The smallest absolute Gasteiger partial charge is 0.156 e. The first-order chi connectivity index (χ1) is 9.20. The lowest BCUT2D eigenvalue weighted by Gasteiger charge is -2.06. The first-order valence-corrected chi connectivity index (χ1v) is 7.44. The molecule has 0 fully saturated rings. The number of thiophene rings is 1. The van der Waals surface area contributed by atoms with Gasteiger partial charge in [0.05, 0.1) is 11.8 Å². The number of hydrogen-bond acceptors (Lipinski definition) is 4. The molecule has 2 aromatic heterocycles. The van der Waals surface area contributed by atoms with E-state index in [4.69, 9.17) is 5.26 Å². The van der Waals surface area contributed by atoms with Crippen molar-refractivity contribution in [1.29, 1.82) is 5.26 Å². The maximum atomic E-state index is 12.1. The maximum absolute atomic E-state index is 12.1. The Balaban J connectivity index is 2.00. The summed E-state index contributed by atoms with van der Waals surface area (Å²) in [6.45, 7) is 0. The van der Waals surface area contributed by atoms with Gasteiger partial charge in [-0.1, -0.05) is 6.07 Å². The largest absolute Gasteiger partial charge is 0.298 e. The zero-order valence-corrected chi connectivity index (χ0v) is 12.4. The minimum Gasteiger partial charge on any atom is -0.298 e. The van der Waals surface area contributed by atoms with Crippen LogP contribution in [0, 0.1) is 11.3 Å². The Kier molecular flexibility index (Phi) is 4.83. The van der Waals surface area contributed by atoms with Crippen LogP contribution in [-0.2, 0) is 11.2 Å². The van der Waals surface area contributed by atoms with Crippen LogP contribution in [0.3, 0.4) is 0 Å². The Bertz CT molecular complexity index is 603. The highest BCUT2D eigenvalue weighted by Crippen LogP contribution is 2.22. The van der Waals surface area contributed by atoms with Crippen LogP contribution in [0.2, 0.25) is 0 Å². The molecule has 2 aromatic rings. The number of rotatable bonds is 5. The molecule has 0 amide bonds. The maximum Gasteiger partial charge on any atom is 0.156 e. The number of hydrogen-bond donors (Lipinski definition) is 0. The van der Waals surface area contributed by atoms with E-state index in [1.54, 1.807) is 35.7 Å². The number of carbonyl (C=O) groups excluding carboxylic acids is 1. The molecule has 5 heteroatoms. The normalized spacial score (nSPS) is 11.8. The third kappa shape index (κ3) is 3.72. The highest BCUT2D eigenvalue weighted by atomic mass is 79.9. The molecule has 0 aliphatic heterocycles. The van der Waals surface area contributed by atoms with E-state index in [0.29, 0.717) is 18.5 Å². The highest BCUT2D eigenvalue weighted by Gasteiger charge is 2.20. The van der Waals surface area contributed by atoms with Gasteiger partial charge < -0.3 is 0 Å². The van der Waals surface area contributed by atoms with Gasteiger partial charge in [0, 0.05) is 27.3 Å². The first-order valence-electron chi connectivity index (χ1n) is 5.77. The van der Waals surface area contributed by atoms with Crippen molar-refractivity contribution in [2.75, 3.05) is 0 Å². The average Bonchev–Trinajstić information content (AvgIpc) is 2.84. The lowest BCUT2D eigenvalue weighted by Crippen LogP contribution is -2.12. The fraction of sp³-hybridized carbons (Fsp3) is 0.214. The Hall–Kier alpha value is -1.51. The summed E-state index contributed by atoms with van der Waals surface area (Å²) in [5.74, 6) is -0.838. The molecule has 1 unspecified atom stereocenters. The molecule has 0 saturated heterocycles. The number of carbonyl (C=O) groups is 1. The summed E-state index contributed by atoms with van der Waals surface area (Å²) in [6, 6.07) is 9.32. The molecular weight excluding hydrogens is 324 g/mol. The molecular formula is C14H11BrN2OS. The molecule has 0 aliphatic carbocycles. The number of aromatic nitrogens is 1. The lowest BCUT2D eigenvalue weighted by molar-refractivity contribution is -0.119. The zero-order chi connectivity index (χ0) is 13.7. The van der Waals surface area contributed by atoms with Crippen LogP contribution >= 0.6 is 27.3 Å². The van der Waals surface area contributed by atoms with E-state index in [0.717, 1.165) is 9.35 Å². The van der Waals surface area contributed by atoms with Gasteiger partial charge in [0.2, 0.25) is 0 Å². The molecule has 1 atom stereocenters. The van der Waals surface area contributed by atoms with Crippen molar-refractivity contribution in [2.24, 2.45) is 0 Å². The second-order valence-electron chi connectivity index (χ2n) is 4.01. The van der Waals surface area contributed by atoms with E-state index < -0.39 is 5.92 Å². The summed E-state index contributed by atoms with van der Waals surface area (Å²) < 4.78 is 1.03. The molecule has 2 heterocycles. The van der Waals surface area contributed by atoms with Gasteiger partial charge in [-0.15, -0.1) is 11.3 Å². The quantitative estimate of drug-likeness (QED) is 0.837. The summed E-state index contributed by atoms with van der Waals surface area (Å²) >= 11 is 4.99. The van der Waals surface area contributed by atoms with Crippen molar-refractivity contribution in [3.8, 4) is 6.07 Å². The molecule has 0 spiro atoms. The molecule has 96 valence electrons. The van der Waals surface area contributed by atoms with E-state index in [1.807, 2.05) is 17.5 Å². The fourth-order valence-corrected chi connectivity index (χ4v) is 3.18. The Labute approximate surface area is 124 Å². The minimum absolute atomic E-state index is 0.0780. The van der Waals surface area contributed by atoms with Crippen molar-refractivity contribution in [3.63, 3.8) is 0 Å². The number of nitrogens with zero attached hydrogens (tertiary/aromatic N) is 2. The van der Waals surface area contributed by atoms with E-state index in [1.165, 1.54) is 0 Å². The van der Waals surface area contributed by atoms with Gasteiger partial charge >= 0.3 is 0 Å². The lowest BCUT2D eigenvalue weighted by atomic mass is 9.97. The second-order valence-corrected chi connectivity index (χ2v) is 5.93. The first kappa shape index (κ1) is 13.9. The molecule has 0 bridgehead atoms. The van der Waals surface area contributed by atoms with Gasteiger partial charge in [0.15, 0.2) is 5.78 Å². The topological polar surface area (TPSA) is 53.8 Å². The predicted octanol–water partition coefficient (Wildman–Crippen LogP) is 3.71. The van der Waals surface area contributed by atoms with Crippen LogP contribution in [-0.4, -0.2) is 10.8 Å². The van der Waals surface area contributed by atoms with Gasteiger partial charge in [0.25, 0.3) is 0 Å². The van der Waals surface area contributed by atoms with Crippen LogP contribution in [0.1, 0.15) is 22.9 Å². The standard InChI is InChI=1S/C14H11BrN2OS/c15-10-7-11(19-9-10)4-5-14(18)12(8-16)13-3-1-2-6-17-13/h1-3,6-7,9,12H,4-5H2. The van der Waals surface area contributed by atoms with Crippen molar-refractivity contribution in [1.82, 2.24) is 4.98 Å². The average molecular weight is 335 g/mol. The van der Waals surface area contributed by atoms with Crippen molar-refractivity contribution in [2.45, 2.75) is 18.8 Å². The number of halogens is 1. The fourth-order valence-electron chi connectivity index (χ4n) is 1.73.